The molecule has 1 aliphatic heterocycles. The zero-order valence-corrected chi connectivity index (χ0v) is 13.6. The minimum absolute atomic E-state index is 0.123. The Morgan fingerprint density at radius 2 is 1.78 bits per heavy atom. The summed E-state index contributed by atoms with van der Waals surface area (Å²) in [6.07, 6.45) is -11.7. The van der Waals surface area contributed by atoms with Crippen LogP contribution in [-0.2, 0) is 26.5 Å². The molecule has 0 fully saturated rings. The summed E-state index contributed by atoms with van der Waals surface area (Å²) in [5.41, 5.74) is -5.93. The molecule has 0 saturated carbocycles. The minimum Gasteiger partial charge on any atom is -0.424 e. The smallest absolute Gasteiger partial charge is 0.424 e. The molecule has 0 unspecified atom stereocenters. The van der Waals surface area contributed by atoms with E-state index in [1.54, 1.807) is 0 Å². The number of hydrogen-bond donors (Lipinski definition) is 0. The van der Waals surface area contributed by atoms with E-state index < -0.39 is 36.0 Å². The van der Waals surface area contributed by atoms with Gasteiger partial charge < -0.3 is 4.52 Å². The van der Waals surface area contributed by atoms with Crippen molar-refractivity contribution >= 4 is 30.1 Å². The molecular weight excluding hydrogens is 393 g/mol. The highest BCUT2D eigenvalue weighted by molar-refractivity contribution is 8.07. The van der Waals surface area contributed by atoms with Gasteiger partial charge in [0.05, 0.1) is 6.61 Å². The largest absolute Gasteiger partial charge is 0.431 e. The maximum Gasteiger partial charge on any atom is 0.431 e. The molecule has 3 nitrogen and oxygen atoms in total. The second-order valence-electron chi connectivity index (χ2n) is 4.36. The summed E-state index contributed by atoms with van der Waals surface area (Å²) < 4.78 is 94.6. The highest BCUT2D eigenvalue weighted by Gasteiger charge is 2.77. The fourth-order valence-corrected chi connectivity index (χ4v) is 4.55. The van der Waals surface area contributed by atoms with E-state index in [2.05, 4.69) is 16.3 Å². The van der Waals surface area contributed by atoms with E-state index in [1.165, 1.54) is 6.92 Å². The van der Waals surface area contributed by atoms with Crippen LogP contribution in [0.1, 0.15) is 12.5 Å². The Kier molecular flexibility index (Phi) is 4.71. The average molecular weight is 401 g/mol. The second kappa shape index (κ2) is 5.77. The van der Waals surface area contributed by atoms with Crippen molar-refractivity contribution in [2.24, 2.45) is 0 Å². The van der Waals surface area contributed by atoms with Gasteiger partial charge in [-0.25, -0.2) is 0 Å². The Hall–Kier alpha value is -0.540. The van der Waals surface area contributed by atoms with Crippen molar-refractivity contribution < 1.29 is 39.9 Å². The number of hydrogen-bond acceptors (Lipinski definition) is 4. The van der Waals surface area contributed by atoms with Gasteiger partial charge in [0.25, 0.3) is 5.60 Å². The van der Waals surface area contributed by atoms with Gasteiger partial charge in [-0.2, -0.15) is 26.3 Å². The highest BCUT2D eigenvalue weighted by Crippen LogP contribution is 2.68. The molecule has 1 atom stereocenters. The maximum absolute atomic E-state index is 13.4. The summed E-state index contributed by atoms with van der Waals surface area (Å²) in [5.74, 6) is -0.768. The van der Waals surface area contributed by atoms with Crippen LogP contribution in [0.2, 0.25) is 5.02 Å². The molecule has 1 aromatic rings. The van der Waals surface area contributed by atoms with Crippen molar-refractivity contribution in [2.75, 3.05) is 6.61 Å². The zero-order chi connectivity index (χ0) is 17.7. The lowest BCUT2D eigenvalue weighted by Gasteiger charge is -2.43. The van der Waals surface area contributed by atoms with E-state index in [-0.39, 0.29) is 11.6 Å². The lowest BCUT2D eigenvalue weighted by atomic mass is 9.91. The number of rotatable bonds is 2. The Morgan fingerprint density at radius 1 is 1.22 bits per heavy atom. The lowest BCUT2D eigenvalue weighted by Crippen LogP contribution is -2.56. The Bertz CT molecular complexity index is 648. The topological polar surface area (TPSA) is 27.7 Å². The Labute approximate surface area is 136 Å². The predicted octanol–water partition coefficient (Wildman–Crippen LogP) is 5.33. The van der Waals surface area contributed by atoms with Gasteiger partial charge in [-0.1, -0.05) is 17.7 Å². The van der Waals surface area contributed by atoms with Gasteiger partial charge in [0.1, 0.15) is 5.75 Å². The van der Waals surface area contributed by atoms with E-state index in [9.17, 15) is 26.3 Å². The van der Waals surface area contributed by atoms with Crippen LogP contribution in [0.15, 0.2) is 18.2 Å². The van der Waals surface area contributed by atoms with Crippen molar-refractivity contribution in [1.82, 2.24) is 0 Å². The first-order chi connectivity index (χ1) is 10.4. The molecule has 1 aliphatic rings. The number of benzene rings is 1. The lowest BCUT2D eigenvalue weighted by molar-refractivity contribution is -0.369. The van der Waals surface area contributed by atoms with Crippen molar-refractivity contribution in [3.63, 3.8) is 0 Å². The normalized spacial score (nSPS) is 24.0. The van der Waals surface area contributed by atoms with Crippen molar-refractivity contribution in [3.8, 4) is 5.75 Å². The van der Waals surface area contributed by atoms with E-state index in [0.717, 1.165) is 12.1 Å². The van der Waals surface area contributed by atoms with Gasteiger partial charge in [0.2, 0.25) is 0 Å². The van der Waals surface area contributed by atoms with Crippen molar-refractivity contribution in [1.29, 1.82) is 0 Å². The maximum atomic E-state index is 13.4. The van der Waals surface area contributed by atoms with Gasteiger partial charge in [-0.05, 0) is 19.1 Å². The van der Waals surface area contributed by atoms with Crippen LogP contribution in [0, 0.1) is 0 Å². The second-order valence-corrected chi connectivity index (χ2v) is 7.66. The molecule has 0 saturated heterocycles. The molecule has 0 N–H and O–H groups in total. The first kappa shape index (κ1) is 18.8. The Morgan fingerprint density at radius 3 is 2.26 bits per heavy atom. The molecule has 0 bridgehead atoms. The quantitative estimate of drug-likeness (QED) is 0.495. The van der Waals surface area contributed by atoms with E-state index in [4.69, 9.17) is 20.6 Å². The molecule has 1 heterocycles. The summed E-state index contributed by atoms with van der Waals surface area (Å²) in [5, 5.41) is -0.123. The molecule has 12 heteroatoms. The van der Waals surface area contributed by atoms with Gasteiger partial charge in [-0.15, -0.1) is 0 Å². The molecule has 0 aromatic heterocycles. The molecule has 23 heavy (non-hydrogen) atoms. The van der Waals surface area contributed by atoms with Crippen LogP contribution < -0.4 is 4.52 Å². The van der Waals surface area contributed by atoms with E-state index in [0.29, 0.717) is 6.07 Å². The molecule has 1 aromatic carbocycles. The first-order valence-corrected chi connectivity index (χ1v) is 8.88. The van der Waals surface area contributed by atoms with Gasteiger partial charge in [0.15, 0.2) is 0 Å². The summed E-state index contributed by atoms with van der Waals surface area (Å²) in [7, 11) is 0. The molecule has 130 valence electrons. The van der Waals surface area contributed by atoms with Crippen LogP contribution in [-0.4, -0.2) is 19.0 Å². The Balaban J connectivity index is 2.82. The zero-order valence-electron chi connectivity index (χ0n) is 11.2. The summed E-state index contributed by atoms with van der Waals surface area (Å²) in [4.78, 5) is 0. The monoisotopic (exact) mass is 400 g/mol. The van der Waals surface area contributed by atoms with Gasteiger partial charge >= 0.3 is 19.1 Å². The van der Waals surface area contributed by atoms with Crippen LogP contribution in [0.3, 0.4) is 0 Å². The molecule has 0 radical (unpaired) electrons. The van der Waals surface area contributed by atoms with Crippen LogP contribution in [0.25, 0.3) is 0 Å². The van der Waals surface area contributed by atoms with E-state index in [1.807, 2.05) is 0 Å². The summed E-state index contributed by atoms with van der Waals surface area (Å²) in [6, 6.07) is 2.23. The fourth-order valence-electron chi connectivity index (χ4n) is 2.00. The van der Waals surface area contributed by atoms with Gasteiger partial charge in [-0.3, -0.25) is 9.05 Å². The molecule has 2 rings (SSSR count). The molecular formula is C11H8ClF6O3PS. The van der Waals surface area contributed by atoms with E-state index >= 15 is 0 Å². The van der Waals surface area contributed by atoms with Crippen LogP contribution in [0.4, 0.5) is 26.3 Å². The number of fused-ring (bicyclic) bond motifs is 1. The van der Waals surface area contributed by atoms with Crippen molar-refractivity contribution in [2.45, 2.75) is 24.9 Å². The average Bonchev–Trinajstić information content (AvgIpc) is 2.34. The standard InChI is InChI=1S/C11H8ClF6O3PS/c1-2-19-22(23)20-8-5-6(12)3-4-7(8)9(21-22,10(13,14)15)11(16,17)18/h3-5H,2H2,1H3/t22-/m0/s1. The molecule has 0 spiro atoms. The third-order valence-electron chi connectivity index (χ3n) is 2.87. The van der Waals surface area contributed by atoms with Gasteiger partial charge in [0, 0.05) is 22.4 Å². The third kappa shape index (κ3) is 3.07. The summed E-state index contributed by atoms with van der Waals surface area (Å²) >= 11 is 10.3. The predicted molar refractivity (Wildman–Crippen MR) is 72.9 cm³/mol. The van der Waals surface area contributed by atoms with Crippen LogP contribution in [0.5, 0.6) is 5.75 Å². The highest BCUT2D eigenvalue weighted by atomic mass is 35.5. The summed E-state index contributed by atoms with van der Waals surface area (Å²) in [6.45, 7) is -3.31. The SMILES string of the molecule is CCO[P@]1(=S)Oc2cc(Cl)ccc2C(C(F)(F)F)(C(F)(F)F)O1. The number of alkyl halides is 6. The number of halogens is 7. The minimum atomic E-state index is -5.85. The van der Waals surface area contributed by atoms with Crippen molar-refractivity contribution in [3.05, 3.63) is 28.8 Å². The third-order valence-corrected chi connectivity index (χ3v) is 5.36. The van der Waals surface area contributed by atoms with Crippen LogP contribution >= 0.6 is 18.3 Å². The molecule has 0 aliphatic carbocycles. The fraction of sp³-hybridized carbons (Fsp3) is 0.455. The first-order valence-electron chi connectivity index (χ1n) is 5.95. The molecule has 0 amide bonds.